The Kier molecular flexibility index (Phi) is 7.86. The molecule has 6 aromatic carbocycles. The van der Waals surface area contributed by atoms with Crippen LogP contribution in [-0.4, -0.2) is 9.97 Å². The second kappa shape index (κ2) is 12.9. The molecular formula is C50H38N2O. The highest BCUT2D eigenvalue weighted by Gasteiger charge is 2.35. The molecule has 0 fully saturated rings. The Hall–Kier alpha value is -6.58. The smallest absolute Gasteiger partial charge is 0.160 e. The minimum Gasteiger partial charge on any atom is -0.456 e. The fourth-order valence-corrected chi connectivity index (χ4v) is 7.82. The van der Waals surface area contributed by atoms with E-state index in [0.717, 1.165) is 61.1 Å². The molecule has 0 N–H and O–H groups in total. The van der Waals surface area contributed by atoms with Crippen LogP contribution in [-0.2, 0) is 5.41 Å². The Balaban J connectivity index is 1.06. The van der Waals surface area contributed by atoms with E-state index < -0.39 is 0 Å². The van der Waals surface area contributed by atoms with Gasteiger partial charge in [0.1, 0.15) is 11.2 Å². The Morgan fingerprint density at radius 2 is 1.11 bits per heavy atom. The SMILES string of the molecule is C=CC1=C(/C=C\C)C(C)(C)c2cc(-c3ccc(-c4cc(-c5ccc(-c6ccc7oc8ccccc8c7c6)cc5)nc(-c5ccccc5)n4)cc3)ccc21. The van der Waals surface area contributed by atoms with Crippen LogP contribution in [0.5, 0.6) is 0 Å². The summed E-state index contributed by atoms with van der Waals surface area (Å²) in [5.74, 6) is 0.701. The Labute approximate surface area is 310 Å². The van der Waals surface area contributed by atoms with Crippen molar-refractivity contribution in [1.82, 2.24) is 9.97 Å². The van der Waals surface area contributed by atoms with E-state index in [1.165, 1.54) is 33.4 Å². The molecule has 254 valence electrons. The molecule has 53 heavy (non-hydrogen) atoms. The average Bonchev–Trinajstić information content (AvgIpc) is 3.69. The van der Waals surface area contributed by atoms with Gasteiger partial charge in [0.2, 0.25) is 0 Å². The standard InChI is InChI=1S/C50H38N2O/c1-5-12-43-39(6-2)40-27-25-38(30-44(40)50(43,3)4)33-19-23-35(24-20-33)46-31-45(51-49(52-46)36-13-8-7-9-14-36)34-21-17-32(18-22-34)37-26-28-48-42(29-37)41-15-10-11-16-47(41)53-48/h5-31H,2H2,1,3-4H3/b12-5-. The molecule has 9 rings (SSSR count). The van der Waals surface area contributed by atoms with Crippen LogP contribution in [0.15, 0.2) is 180 Å². The van der Waals surface area contributed by atoms with Gasteiger partial charge in [0.05, 0.1) is 11.4 Å². The summed E-state index contributed by atoms with van der Waals surface area (Å²) in [6.45, 7) is 10.8. The molecule has 0 saturated carbocycles. The zero-order valence-corrected chi connectivity index (χ0v) is 30.1. The minimum atomic E-state index is -0.104. The van der Waals surface area contributed by atoms with Crippen molar-refractivity contribution in [2.24, 2.45) is 0 Å². The monoisotopic (exact) mass is 682 g/mol. The van der Waals surface area contributed by atoms with Crippen molar-refractivity contribution in [1.29, 1.82) is 0 Å². The van der Waals surface area contributed by atoms with Crippen molar-refractivity contribution >= 4 is 27.5 Å². The molecule has 0 bridgehead atoms. The summed E-state index contributed by atoms with van der Waals surface area (Å²) in [4.78, 5) is 10.2. The van der Waals surface area contributed by atoms with Gasteiger partial charge in [0, 0.05) is 32.9 Å². The number of fused-ring (bicyclic) bond motifs is 4. The largest absolute Gasteiger partial charge is 0.456 e. The summed E-state index contributed by atoms with van der Waals surface area (Å²) in [7, 11) is 0. The van der Waals surface area contributed by atoms with Crippen LogP contribution in [0.3, 0.4) is 0 Å². The van der Waals surface area contributed by atoms with Gasteiger partial charge in [0.15, 0.2) is 5.82 Å². The first kappa shape index (κ1) is 32.3. The summed E-state index contributed by atoms with van der Waals surface area (Å²) in [6, 6.07) is 51.1. The highest BCUT2D eigenvalue weighted by Crippen LogP contribution is 2.48. The molecule has 0 amide bonds. The first-order valence-corrected chi connectivity index (χ1v) is 18.1. The Morgan fingerprint density at radius 1 is 0.547 bits per heavy atom. The molecule has 0 radical (unpaired) electrons. The molecule has 1 aliphatic rings. The number of benzene rings is 6. The molecule has 0 unspecified atom stereocenters. The first-order chi connectivity index (χ1) is 25.9. The minimum absolute atomic E-state index is 0.104. The molecule has 2 aromatic heterocycles. The number of rotatable bonds is 7. The molecular weight excluding hydrogens is 645 g/mol. The highest BCUT2D eigenvalue weighted by molar-refractivity contribution is 6.06. The van der Waals surface area contributed by atoms with E-state index in [9.17, 15) is 0 Å². The van der Waals surface area contributed by atoms with Gasteiger partial charge >= 0.3 is 0 Å². The van der Waals surface area contributed by atoms with Crippen molar-refractivity contribution in [3.63, 3.8) is 0 Å². The first-order valence-electron chi connectivity index (χ1n) is 18.1. The third kappa shape index (κ3) is 5.62. The molecule has 0 saturated heterocycles. The predicted octanol–water partition coefficient (Wildman–Crippen LogP) is 13.5. The van der Waals surface area contributed by atoms with E-state index in [1.54, 1.807) is 0 Å². The number of hydrogen-bond acceptors (Lipinski definition) is 3. The van der Waals surface area contributed by atoms with Crippen LogP contribution in [0, 0.1) is 0 Å². The van der Waals surface area contributed by atoms with Gasteiger partial charge in [-0.1, -0.05) is 154 Å². The van der Waals surface area contributed by atoms with Gasteiger partial charge in [0.25, 0.3) is 0 Å². The number of aromatic nitrogens is 2. The highest BCUT2D eigenvalue weighted by atomic mass is 16.3. The zero-order chi connectivity index (χ0) is 36.1. The van der Waals surface area contributed by atoms with Crippen LogP contribution in [0.1, 0.15) is 31.9 Å². The number of hydrogen-bond donors (Lipinski definition) is 0. The van der Waals surface area contributed by atoms with Crippen molar-refractivity contribution in [2.45, 2.75) is 26.2 Å². The molecule has 3 heteroatoms. The van der Waals surface area contributed by atoms with Gasteiger partial charge in [-0.3, -0.25) is 0 Å². The van der Waals surface area contributed by atoms with Gasteiger partial charge in [-0.25, -0.2) is 9.97 Å². The van der Waals surface area contributed by atoms with E-state index in [2.05, 4.69) is 155 Å². The quantitative estimate of drug-likeness (QED) is 0.168. The maximum absolute atomic E-state index is 6.07. The lowest BCUT2D eigenvalue weighted by Crippen LogP contribution is -2.16. The molecule has 1 aliphatic carbocycles. The molecule has 0 spiro atoms. The Bertz CT molecular complexity index is 2750. The second-order valence-electron chi connectivity index (χ2n) is 14.2. The summed E-state index contributed by atoms with van der Waals surface area (Å²) in [5.41, 5.74) is 16.3. The lowest BCUT2D eigenvalue weighted by Gasteiger charge is -2.23. The number of para-hydroxylation sites is 1. The van der Waals surface area contributed by atoms with E-state index >= 15 is 0 Å². The molecule has 2 heterocycles. The van der Waals surface area contributed by atoms with E-state index in [4.69, 9.17) is 14.4 Å². The summed E-state index contributed by atoms with van der Waals surface area (Å²) < 4.78 is 6.07. The van der Waals surface area contributed by atoms with Crippen LogP contribution < -0.4 is 0 Å². The summed E-state index contributed by atoms with van der Waals surface area (Å²) in [6.07, 6.45) is 6.34. The fourth-order valence-electron chi connectivity index (χ4n) is 7.82. The zero-order valence-electron chi connectivity index (χ0n) is 30.1. The summed E-state index contributed by atoms with van der Waals surface area (Å²) in [5, 5.41) is 2.25. The van der Waals surface area contributed by atoms with Crippen molar-refractivity contribution < 1.29 is 4.42 Å². The third-order valence-corrected chi connectivity index (χ3v) is 10.6. The van der Waals surface area contributed by atoms with Gasteiger partial charge in [-0.2, -0.15) is 0 Å². The second-order valence-corrected chi connectivity index (χ2v) is 14.2. The van der Waals surface area contributed by atoms with Gasteiger partial charge in [-0.05, 0) is 81.8 Å². The third-order valence-electron chi connectivity index (χ3n) is 10.6. The lowest BCUT2D eigenvalue weighted by atomic mass is 9.80. The molecule has 0 atom stereocenters. The van der Waals surface area contributed by atoms with E-state index in [1.807, 2.05) is 36.4 Å². The normalized spacial score (nSPS) is 13.6. The Morgan fingerprint density at radius 3 is 1.77 bits per heavy atom. The number of allylic oxidation sites excluding steroid dienone is 5. The van der Waals surface area contributed by atoms with Crippen molar-refractivity contribution in [2.75, 3.05) is 0 Å². The topological polar surface area (TPSA) is 38.9 Å². The van der Waals surface area contributed by atoms with Crippen LogP contribution in [0.25, 0.3) is 83.7 Å². The van der Waals surface area contributed by atoms with Crippen molar-refractivity contribution in [3.8, 4) is 56.2 Å². The number of furan rings is 1. The maximum Gasteiger partial charge on any atom is 0.160 e. The van der Waals surface area contributed by atoms with E-state index in [0.29, 0.717) is 5.82 Å². The van der Waals surface area contributed by atoms with Gasteiger partial charge in [-0.15, -0.1) is 0 Å². The van der Waals surface area contributed by atoms with Crippen LogP contribution >= 0.6 is 0 Å². The van der Waals surface area contributed by atoms with Crippen LogP contribution in [0.2, 0.25) is 0 Å². The van der Waals surface area contributed by atoms with Crippen LogP contribution in [0.4, 0.5) is 0 Å². The molecule has 3 nitrogen and oxygen atoms in total. The maximum atomic E-state index is 6.07. The fraction of sp³-hybridized carbons (Fsp3) is 0.0800. The van der Waals surface area contributed by atoms with E-state index in [-0.39, 0.29) is 5.41 Å². The molecule has 0 aliphatic heterocycles. The lowest BCUT2D eigenvalue weighted by molar-refractivity contribution is 0.654. The number of nitrogens with zero attached hydrogens (tertiary/aromatic N) is 2. The predicted molar refractivity (Wildman–Crippen MR) is 221 cm³/mol. The summed E-state index contributed by atoms with van der Waals surface area (Å²) >= 11 is 0. The average molecular weight is 683 g/mol. The molecule has 8 aromatic rings. The van der Waals surface area contributed by atoms with Crippen molar-refractivity contribution in [3.05, 3.63) is 187 Å². The van der Waals surface area contributed by atoms with Gasteiger partial charge < -0.3 is 4.42 Å².